The molecule has 1 N–H and O–H groups in total. The number of carbonyl (C=O) groups excluding carboxylic acids is 1. The minimum Gasteiger partial charge on any atom is -0.495 e. The molecule has 2 aromatic carbocycles. The van der Waals surface area contributed by atoms with Crippen molar-refractivity contribution in [2.24, 2.45) is 11.8 Å². The second kappa shape index (κ2) is 13.2. The number of aromatic nitrogens is 2. The zero-order valence-corrected chi connectivity index (χ0v) is 26.9. The van der Waals surface area contributed by atoms with E-state index in [4.69, 9.17) is 4.74 Å². The van der Waals surface area contributed by atoms with E-state index in [0.717, 1.165) is 49.4 Å². The Kier molecular flexibility index (Phi) is 9.71. The maximum atomic E-state index is 15.3. The lowest BCUT2D eigenvalue weighted by Gasteiger charge is -2.29. The number of methoxy groups -OCH3 is 1. The van der Waals surface area contributed by atoms with Gasteiger partial charge in [-0.05, 0) is 68.3 Å². The molecule has 2 aliphatic rings. The molecular formula is C32H37F4N5O4S. The number of piperidine rings is 1. The predicted molar refractivity (Wildman–Crippen MR) is 165 cm³/mol. The molecule has 9 nitrogen and oxygen atoms in total. The van der Waals surface area contributed by atoms with Gasteiger partial charge in [-0.25, -0.2) is 22.8 Å². The third-order valence-electron chi connectivity index (χ3n) is 8.88. The van der Waals surface area contributed by atoms with Crippen molar-refractivity contribution in [2.75, 3.05) is 45.9 Å². The molecule has 0 spiro atoms. The van der Waals surface area contributed by atoms with Gasteiger partial charge in [-0.1, -0.05) is 24.3 Å². The van der Waals surface area contributed by atoms with Crippen LogP contribution in [0.25, 0.3) is 0 Å². The Morgan fingerprint density at radius 2 is 1.96 bits per heavy atom. The first kappa shape index (κ1) is 33.7. The van der Waals surface area contributed by atoms with E-state index < -0.39 is 39.5 Å². The number of fused-ring (bicyclic) bond motifs is 1. The van der Waals surface area contributed by atoms with Crippen LogP contribution in [0.1, 0.15) is 58.0 Å². The molecule has 1 saturated heterocycles. The summed E-state index contributed by atoms with van der Waals surface area (Å²) in [6.45, 7) is 1.70. The Bertz CT molecular complexity index is 1720. The summed E-state index contributed by atoms with van der Waals surface area (Å²) in [7, 11) is 1.04. The summed E-state index contributed by atoms with van der Waals surface area (Å²) >= 11 is 0. The SMILES string of the molecule is COc1cc(C(=O)CC2CCCN(C)C2)c(F)cc1Nc1ncc(C(F)(F)F)c(C[C@@H]2Cc3ccccc3[C@H]2N(C)S(C)(=O)=O)n1. The van der Waals surface area contributed by atoms with Crippen molar-refractivity contribution < 1.29 is 35.5 Å². The third-order valence-corrected chi connectivity index (χ3v) is 10.2. The van der Waals surface area contributed by atoms with Crippen LogP contribution in [0.2, 0.25) is 0 Å². The number of nitrogens with zero attached hydrogens (tertiary/aromatic N) is 4. The van der Waals surface area contributed by atoms with Crippen LogP contribution in [-0.2, 0) is 29.0 Å². The van der Waals surface area contributed by atoms with Gasteiger partial charge in [0.05, 0.1) is 41.9 Å². The molecule has 14 heteroatoms. The number of likely N-dealkylation sites (tertiary alicyclic amines) is 1. The van der Waals surface area contributed by atoms with Crippen molar-refractivity contribution in [1.82, 2.24) is 19.2 Å². The Hall–Kier alpha value is -3.62. The van der Waals surface area contributed by atoms with Gasteiger partial charge in [-0.3, -0.25) is 4.79 Å². The smallest absolute Gasteiger partial charge is 0.419 e. The molecule has 1 unspecified atom stereocenters. The van der Waals surface area contributed by atoms with Gasteiger partial charge in [-0.15, -0.1) is 0 Å². The fourth-order valence-electron chi connectivity index (χ4n) is 6.62. The molecule has 2 heterocycles. The number of sulfonamides is 1. The normalized spacial score (nSPS) is 20.5. The van der Waals surface area contributed by atoms with Gasteiger partial charge in [-0.2, -0.15) is 17.5 Å². The first-order chi connectivity index (χ1) is 21.7. The van der Waals surface area contributed by atoms with Crippen molar-refractivity contribution in [2.45, 2.75) is 44.3 Å². The van der Waals surface area contributed by atoms with Crippen LogP contribution in [0, 0.1) is 17.7 Å². The van der Waals surface area contributed by atoms with Gasteiger partial charge in [0.15, 0.2) is 5.78 Å². The minimum atomic E-state index is -4.78. The lowest BCUT2D eigenvalue weighted by molar-refractivity contribution is -0.138. The highest BCUT2D eigenvalue weighted by atomic mass is 32.2. The van der Waals surface area contributed by atoms with Gasteiger partial charge < -0.3 is 15.0 Å². The molecule has 0 radical (unpaired) electrons. The van der Waals surface area contributed by atoms with E-state index in [0.29, 0.717) is 12.6 Å². The summed E-state index contributed by atoms with van der Waals surface area (Å²) in [6, 6.07) is 8.79. The second-order valence-electron chi connectivity index (χ2n) is 12.2. The first-order valence-corrected chi connectivity index (χ1v) is 16.8. The molecule has 248 valence electrons. The van der Waals surface area contributed by atoms with E-state index in [-0.39, 0.29) is 53.2 Å². The van der Waals surface area contributed by atoms with E-state index in [1.54, 1.807) is 18.2 Å². The summed E-state index contributed by atoms with van der Waals surface area (Å²) in [6.07, 6.45) is -0.916. The molecule has 0 amide bonds. The molecule has 1 aliphatic carbocycles. The predicted octanol–water partition coefficient (Wildman–Crippen LogP) is 5.65. The number of halogens is 4. The monoisotopic (exact) mass is 663 g/mol. The topological polar surface area (TPSA) is 105 Å². The number of alkyl halides is 3. The molecule has 0 bridgehead atoms. The third kappa shape index (κ3) is 7.34. The first-order valence-electron chi connectivity index (χ1n) is 15.0. The standard InChI is InChI=1S/C32H37F4N5O4S/c1-40-11-7-8-19(18-40)12-28(42)23-15-29(45-3)27(16-25(23)33)39-31-37-17-24(32(34,35)36)26(38-31)14-21-13-20-9-5-6-10-22(20)30(21)41(2)46(4,43)44/h5-6,9-10,15-17,19,21,30H,7-8,11-14,18H2,1-4H3,(H,37,38,39)/t19?,21-,30-/m0/s1. The minimum absolute atomic E-state index is 0.0302. The van der Waals surface area contributed by atoms with Gasteiger partial charge >= 0.3 is 6.18 Å². The van der Waals surface area contributed by atoms with Crippen molar-refractivity contribution in [1.29, 1.82) is 0 Å². The Morgan fingerprint density at radius 3 is 2.63 bits per heavy atom. The maximum Gasteiger partial charge on any atom is 0.419 e. The number of rotatable bonds is 10. The van der Waals surface area contributed by atoms with Crippen LogP contribution in [0.5, 0.6) is 5.75 Å². The lowest BCUT2D eigenvalue weighted by atomic mass is 9.91. The van der Waals surface area contributed by atoms with E-state index in [1.807, 2.05) is 13.1 Å². The van der Waals surface area contributed by atoms with Crippen LogP contribution in [0.15, 0.2) is 42.6 Å². The Morgan fingerprint density at radius 1 is 1.22 bits per heavy atom. The number of anilines is 2. The van der Waals surface area contributed by atoms with E-state index in [1.165, 1.54) is 24.5 Å². The number of nitrogens with one attached hydrogen (secondary N) is 1. The van der Waals surface area contributed by atoms with Crippen molar-refractivity contribution in [3.63, 3.8) is 0 Å². The van der Waals surface area contributed by atoms with Crippen molar-refractivity contribution in [3.05, 3.63) is 76.4 Å². The molecule has 3 atom stereocenters. The van der Waals surface area contributed by atoms with Crippen LogP contribution in [0.3, 0.4) is 0 Å². The summed E-state index contributed by atoms with van der Waals surface area (Å²) in [5, 5.41) is 2.76. The molecular weight excluding hydrogens is 626 g/mol. The second-order valence-corrected chi connectivity index (χ2v) is 14.2. The highest BCUT2D eigenvalue weighted by Gasteiger charge is 2.41. The molecule has 1 aromatic heterocycles. The van der Waals surface area contributed by atoms with Crippen LogP contribution >= 0.6 is 0 Å². The van der Waals surface area contributed by atoms with Gasteiger partial charge in [0.25, 0.3) is 0 Å². The van der Waals surface area contributed by atoms with Crippen LogP contribution < -0.4 is 10.1 Å². The number of hydrogen-bond donors (Lipinski definition) is 1. The van der Waals surface area contributed by atoms with E-state index >= 15 is 4.39 Å². The van der Waals surface area contributed by atoms with Gasteiger partial charge in [0.2, 0.25) is 16.0 Å². The highest BCUT2D eigenvalue weighted by molar-refractivity contribution is 7.88. The quantitative estimate of drug-likeness (QED) is 0.219. The van der Waals surface area contributed by atoms with Crippen LogP contribution in [0.4, 0.5) is 29.2 Å². The molecule has 0 saturated carbocycles. The van der Waals surface area contributed by atoms with Gasteiger partial charge in [0, 0.05) is 32.3 Å². The summed E-state index contributed by atoms with van der Waals surface area (Å²) in [5.74, 6) is -1.76. The van der Waals surface area contributed by atoms with E-state index in [9.17, 15) is 26.4 Å². The zero-order chi connectivity index (χ0) is 33.4. The molecule has 1 fully saturated rings. The number of carbonyl (C=O) groups is 1. The van der Waals surface area contributed by atoms with Crippen molar-refractivity contribution in [3.8, 4) is 5.75 Å². The molecule has 46 heavy (non-hydrogen) atoms. The average Bonchev–Trinajstić information content (AvgIpc) is 3.33. The Balaban J connectivity index is 1.44. The number of benzene rings is 2. The van der Waals surface area contributed by atoms with Crippen LogP contribution in [-0.4, -0.2) is 73.9 Å². The zero-order valence-electron chi connectivity index (χ0n) is 26.1. The number of ketones is 1. The Labute approximate surface area is 266 Å². The molecule has 1 aliphatic heterocycles. The lowest BCUT2D eigenvalue weighted by Crippen LogP contribution is -2.34. The van der Waals surface area contributed by atoms with E-state index in [2.05, 4.69) is 20.2 Å². The fraction of sp³-hybridized carbons (Fsp3) is 0.469. The number of hydrogen-bond acceptors (Lipinski definition) is 8. The van der Waals surface area contributed by atoms with Gasteiger partial charge in [0.1, 0.15) is 11.6 Å². The average molecular weight is 664 g/mol. The molecule has 3 aromatic rings. The molecule has 5 rings (SSSR count). The largest absolute Gasteiger partial charge is 0.495 e. The summed E-state index contributed by atoms with van der Waals surface area (Å²) < 4.78 is 89.4. The number of ether oxygens (including phenoxy) is 1. The maximum absolute atomic E-state index is 15.3. The fourth-order valence-corrected chi connectivity index (χ4v) is 7.32. The number of Topliss-reactive ketones (excluding diaryl/α,β-unsaturated/α-hetero) is 1. The summed E-state index contributed by atoms with van der Waals surface area (Å²) in [5.41, 5.74) is 0.0841. The summed E-state index contributed by atoms with van der Waals surface area (Å²) in [4.78, 5) is 23.2. The highest BCUT2D eigenvalue weighted by Crippen LogP contribution is 2.44. The van der Waals surface area contributed by atoms with Crippen molar-refractivity contribution >= 4 is 27.4 Å².